The first-order chi connectivity index (χ1) is 7.58. The third kappa shape index (κ3) is 1.84. The predicted molar refractivity (Wildman–Crippen MR) is 64.0 cm³/mol. The van der Waals surface area contributed by atoms with Gasteiger partial charge in [-0.3, -0.25) is 9.89 Å². The number of aromatic nitrogens is 2. The van der Waals surface area contributed by atoms with Crippen molar-refractivity contribution in [2.75, 3.05) is 11.1 Å². The van der Waals surface area contributed by atoms with Gasteiger partial charge in [0, 0.05) is 17.0 Å². The topological polar surface area (TPSA) is 83.8 Å². The minimum absolute atomic E-state index is 0.00756. The van der Waals surface area contributed by atoms with E-state index in [0.29, 0.717) is 5.82 Å². The summed E-state index contributed by atoms with van der Waals surface area (Å²) in [6, 6.07) is 5.47. The zero-order chi connectivity index (χ0) is 11.7. The number of hydrogen-bond acceptors (Lipinski definition) is 3. The van der Waals surface area contributed by atoms with E-state index in [1.54, 1.807) is 0 Å². The van der Waals surface area contributed by atoms with Gasteiger partial charge in [-0.15, -0.1) is 0 Å². The van der Waals surface area contributed by atoms with Gasteiger partial charge in [0.05, 0.1) is 5.52 Å². The normalized spacial score (nSPS) is 10.9. The molecule has 1 aromatic carbocycles. The summed E-state index contributed by atoms with van der Waals surface area (Å²) in [7, 11) is 0. The number of aromatic amines is 1. The number of hydrogen-bond donors (Lipinski definition) is 3. The molecule has 0 bridgehead atoms. The first-order valence-corrected chi connectivity index (χ1v) is 5.12. The molecule has 16 heavy (non-hydrogen) atoms. The fraction of sp³-hybridized carbons (Fsp3) is 0.273. The number of amides is 1. The molecular formula is C11H14N4O. The van der Waals surface area contributed by atoms with Crippen LogP contribution in [0.3, 0.4) is 0 Å². The Hall–Kier alpha value is -2.04. The van der Waals surface area contributed by atoms with Gasteiger partial charge in [0.2, 0.25) is 5.91 Å². The Kier molecular flexibility index (Phi) is 2.52. The molecule has 2 aromatic rings. The molecule has 1 amide bonds. The molecule has 0 fully saturated rings. The molecule has 0 aliphatic carbocycles. The van der Waals surface area contributed by atoms with Crippen LogP contribution >= 0.6 is 0 Å². The van der Waals surface area contributed by atoms with E-state index in [2.05, 4.69) is 15.5 Å². The number of fused-ring (bicyclic) bond motifs is 1. The summed E-state index contributed by atoms with van der Waals surface area (Å²) in [6.07, 6.45) is 0. The standard InChI is InChI=1S/C11H14N4O/c1-6(2)11(16)13-7-3-4-8-9(5-7)14-15-10(8)12/h3-6H,1-2H3,(H,13,16)(H3,12,14,15). The lowest BCUT2D eigenvalue weighted by Gasteiger charge is -2.07. The number of carbonyl (C=O) groups excluding carboxylic acids is 1. The number of rotatable bonds is 2. The first-order valence-electron chi connectivity index (χ1n) is 5.12. The van der Waals surface area contributed by atoms with Crippen molar-refractivity contribution in [3.8, 4) is 0 Å². The van der Waals surface area contributed by atoms with Gasteiger partial charge in [-0.2, -0.15) is 5.10 Å². The Morgan fingerprint density at radius 1 is 1.50 bits per heavy atom. The molecule has 0 atom stereocenters. The van der Waals surface area contributed by atoms with Crippen molar-refractivity contribution in [1.82, 2.24) is 10.2 Å². The maximum Gasteiger partial charge on any atom is 0.226 e. The molecule has 2 rings (SSSR count). The smallest absolute Gasteiger partial charge is 0.226 e. The van der Waals surface area contributed by atoms with Crippen LogP contribution in [0.5, 0.6) is 0 Å². The number of H-pyrrole nitrogens is 1. The second-order valence-electron chi connectivity index (χ2n) is 4.01. The highest BCUT2D eigenvalue weighted by atomic mass is 16.1. The molecular weight excluding hydrogens is 204 g/mol. The number of benzene rings is 1. The van der Waals surface area contributed by atoms with Crippen LogP contribution in [0.4, 0.5) is 11.5 Å². The highest BCUT2D eigenvalue weighted by Crippen LogP contribution is 2.21. The third-order valence-corrected chi connectivity index (χ3v) is 2.38. The maximum absolute atomic E-state index is 11.5. The lowest BCUT2D eigenvalue weighted by atomic mass is 10.2. The minimum Gasteiger partial charge on any atom is -0.382 e. The second kappa shape index (κ2) is 3.84. The number of carbonyl (C=O) groups is 1. The van der Waals surface area contributed by atoms with E-state index in [-0.39, 0.29) is 11.8 Å². The summed E-state index contributed by atoms with van der Waals surface area (Å²) in [6.45, 7) is 3.70. The Bertz CT molecular complexity index is 530. The molecule has 5 nitrogen and oxygen atoms in total. The van der Waals surface area contributed by atoms with E-state index in [0.717, 1.165) is 16.6 Å². The van der Waals surface area contributed by atoms with Crippen molar-refractivity contribution in [2.45, 2.75) is 13.8 Å². The zero-order valence-corrected chi connectivity index (χ0v) is 9.24. The van der Waals surface area contributed by atoms with Crippen LogP contribution in [0.1, 0.15) is 13.8 Å². The fourth-order valence-corrected chi connectivity index (χ4v) is 1.41. The molecule has 0 saturated carbocycles. The molecule has 5 heteroatoms. The van der Waals surface area contributed by atoms with Crippen LogP contribution in [-0.4, -0.2) is 16.1 Å². The maximum atomic E-state index is 11.5. The third-order valence-electron chi connectivity index (χ3n) is 2.38. The number of nitrogen functional groups attached to an aromatic ring is 1. The largest absolute Gasteiger partial charge is 0.382 e. The van der Waals surface area contributed by atoms with E-state index < -0.39 is 0 Å². The van der Waals surface area contributed by atoms with Crippen molar-refractivity contribution >= 4 is 28.3 Å². The summed E-state index contributed by atoms with van der Waals surface area (Å²) < 4.78 is 0. The summed E-state index contributed by atoms with van der Waals surface area (Å²) in [5, 5.41) is 10.4. The summed E-state index contributed by atoms with van der Waals surface area (Å²) in [4.78, 5) is 11.5. The summed E-state index contributed by atoms with van der Waals surface area (Å²) >= 11 is 0. The lowest BCUT2D eigenvalue weighted by molar-refractivity contribution is -0.118. The zero-order valence-electron chi connectivity index (χ0n) is 9.24. The Morgan fingerprint density at radius 3 is 2.94 bits per heavy atom. The average Bonchev–Trinajstić information content (AvgIpc) is 2.60. The molecule has 0 unspecified atom stereocenters. The Balaban J connectivity index is 2.30. The van der Waals surface area contributed by atoms with E-state index in [1.165, 1.54) is 0 Å². The van der Waals surface area contributed by atoms with Gasteiger partial charge in [-0.05, 0) is 18.2 Å². The highest BCUT2D eigenvalue weighted by Gasteiger charge is 2.08. The van der Waals surface area contributed by atoms with Crippen molar-refractivity contribution in [2.24, 2.45) is 5.92 Å². The molecule has 1 aromatic heterocycles. The molecule has 84 valence electrons. The lowest BCUT2D eigenvalue weighted by Crippen LogP contribution is -2.17. The number of nitrogens with one attached hydrogen (secondary N) is 2. The predicted octanol–water partition coefficient (Wildman–Crippen LogP) is 1.74. The van der Waals surface area contributed by atoms with Crippen LogP contribution in [0, 0.1) is 5.92 Å². The highest BCUT2D eigenvalue weighted by molar-refractivity contribution is 5.96. The van der Waals surface area contributed by atoms with Crippen LogP contribution in [0.2, 0.25) is 0 Å². The SMILES string of the molecule is CC(C)C(=O)Nc1ccc2c(N)n[nH]c2c1. The van der Waals surface area contributed by atoms with Crippen molar-refractivity contribution < 1.29 is 4.79 Å². The average molecular weight is 218 g/mol. The molecule has 4 N–H and O–H groups in total. The van der Waals surface area contributed by atoms with Gasteiger partial charge >= 0.3 is 0 Å². The summed E-state index contributed by atoms with van der Waals surface area (Å²) in [5.41, 5.74) is 7.21. The fourth-order valence-electron chi connectivity index (χ4n) is 1.41. The van der Waals surface area contributed by atoms with E-state index in [9.17, 15) is 4.79 Å². The van der Waals surface area contributed by atoms with E-state index >= 15 is 0 Å². The van der Waals surface area contributed by atoms with Gasteiger partial charge in [0.1, 0.15) is 0 Å². The molecule has 0 aliphatic heterocycles. The van der Waals surface area contributed by atoms with Crippen molar-refractivity contribution in [3.05, 3.63) is 18.2 Å². The molecule has 0 saturated heterocycles. The van der Waals surface area contributed by atoms with Crippen LogP contribution in [0.25, 0.3) is 10.9 Å². The van der Waals surface area contributed by atoms with Crippen LogP contribution in [-0.2, 0) is 4.79 Å². The Labute approximate surface area is 93.0 Å². The molecule has 0 aliphatic rings. The molecule has 0 radical (unpaired) electrons. The number of nitrogens with zero attached hydrogens (tertiary/aromatic N) is 1. The second-order valence-corrected chi connectivity index (χ2v) is 4.01. The minimum atomic E-state index is -0.0393. The summed E-state index contributed by atoms with van der Waals surface area (Å²) in [5.74, 6) is 0.422. The monoisotopic (exact) mass is 218 g/mol. The van der Waals surface area contributed by atoms with Crippen LogP contribution in [0.15, 0.2) is 18.2 Å². The quantitative estimate of drug-likeness (QED) is 0.717. The first kappa shape index (κ1) is 10.5. The van der Waals surface area contributed by atoms with Gasteiger partial charge < -0.3 is 11.1 Å². The van der Waals surface area contributed by atoms with Crippen LogP contribution < -0.4 is 11.1 Å². The van der Waals surface area contributed by atoms with Gasteiger partial charge in [-0.1, -0.05) is 13.8 Å². The van der Waals surface area contributed by atoms with Gasteiger partial charge in [-0.25, -0.2) is 0 Å². The van der Waals surface area contributed by atoms with Crippen molar-refractivity contribution in [3.63, 3.8) is 0 Å². The number of nitrogens with two attached hydrogens (primary N) is 1. The Morgan fingerprint density at radius 2 is 2.25 bits per heavy atom. The number of anilines is 2. The van der Waals surface area contributed by atoms with Crippen molar-refractivity contribution in [1.29, 1.82) is 0 Å². The molecule has 1 heterocycles. The van der Waals surface area contributed by atoms with E-state index in [4.69, 9.17) is 5.73 Å². The van der Waals surface area contributed by atoms with Gasteiger partial charge in [0.15, 0.2) is 5.82 Å². The molecule has 0 spiro atoms. The van der Waals surface area contributed by atoms with Gasteiger partial charge in [0.25, 0.3) is 0 Å². The van der Waals surface area contributed by atoms with E-state index in [1.807, 2.05) is 32.0 Å².